The predicted molar refractivity (Wildman–Crippen MR) is 48.0 cm³/mol. The standard InChI is InChI=1S/C9H17ClO/c1-8-6-9(8,7-10)4-3-5-11-2/h8H,3-7H2,1-2H3. The van der Waals surface area contributed by atoms with Crippen LogP contribution in [0, 0.1) is 11.3 Å². The molecule has 1 fully saturated rings. The summed E-state index contributed by atoms with van der Waals surface area (Å²) in [5.74, 6) is 1.68. The van der Waals surface area contributed by atoms with Crippen molar-refractivity contribution in [1.29, 1.82) is 0 Å². The van der Waals surface area contributed by atoms with Crippen molar-refractivity contribution in [2.75, 3.05) is 19.6 Å². The SMILES string of the molecule is COCCCC1(CCl)CC1C. The predicted octanol–water partition coefficient (Wildman–Crippen LogP) is 2.68. The lowest BCUT2D eigenvalue weighted by molar-refractivity contribution is 0.185. The molecule has 0 radical (unpaired) electrons. The lowest BCUT2D eigenvalue weighted by Crippen LogP contribution is -2.06. The Labute approximate surface area is 74.1 Å². The van der Waals surface area contributed by atoms with Gasteiger partial charge in [0, 0.05) is 19.6 Å². The average Bonchev–Trinajstić information content (AvgIpc) is 2.64. The minimum Gasteiger partial charge on any atom is -0.385 e. The zero-order chi connectivity index (χ0) is 8.32. The molecule has 0 aromatic carbocycles. The van der Waals surface area contributed by atoms with Gasteiger partial charge in [0.1, 0.15) is 0 Å². The van der Waals surface area contributed by atoms with Crippen LogP contribution >= 0.6 is 11.6 Å². The van der Waals surface area contributed by atoms with E-state index in [0.29, 0.717) is 5.41 Å². The third kappa shape index (κ3) is 2.09. The van der Waals surface area contributed by atoms with Gasteiger partial charge in [-0.25, -0.2) is 0 Å². The van der Waals surface area contributed by atoms with E-state index in [1.807, 2.05) is 0 Å². The van der Waals surface area contributed by atoms with Gasteiger partial charge in [-0.1, -0.05) is 6.92 Å². The molecule has 0 saturated heterocycles. The second-order valence-corrected chi connectivity index (χ2v) is 3.96. The number of ether oxygens (including phenoxy) is 1. The molecule has 0 heterocycles. The van der Waals surface area contributed by atoms with Crippen LogP contribution in [0.2, 0.25) is 0 Å². The van der Waals surface area contributed by atoms with Crippen molar-refractivity contribution in [1.82, 2.24) is 0 Å². The summed E-state index contributed by atoms with van der Waals surface area (Å²) in [6.45, 7) is 3.17. The van der Waals surface area contributed by atoms with Gasteiger partial charge < -0.3 is 4.74 Å². The number of alkyl halides is 1. The number of methoxy groups -OCH3 is 1. The maximum Gasteiger partial charge on any atom is 0.0462 e. The average molecular weight is 177 g/mol. The summed E-state index contributed by atoms with van der Waals surface area (Å²) in [7, 11) is 1.75. The maximum atomic E-state index is 5.89. The molecular weight excluding hydrogens is 160 g/mol. The summed E-state index contributed by atoms with van der Waals surface area (Å²) >= 11 is 5.89. The Hall–Kier alpha value is 0.250. The summed E-state index contributed by atoms with van der Waals surface area (Å²) in [5.41, 5.74) is 0.486. The summed E-state index contributed by atoms with van der Waals surface area (Å²) in [4.78, 5) is 0. The third-order valence-electron chi connectivity index (χ3n) is 2.89. The molecule has 0 aliphatic heterocycles. The van der Waals surface area contributed by atoms with Crippen LogP contribution in [0.5, 0.6) is 0 Å². The van der Waals surface area contributed by atoms with Crippen molar-refractivity contribution >= 4 is 11.6 Å². The number of halogens is 1. The van der Waals surface area contributed by atoms with E-state index in [4.69, 9.17) is 16.3 Å². The van der Waals surface area contributed by atoms with Crippen LogP contribution in [0.25, 0.3) is 0 Å². The Morgan fingerprint density at radius 1 is 1.64 bits per heavy atom. The van der Waals surface area contributed by atoms with Crippen molar-refractivity contribution in [2.24, 2.45) is 11.3 Å². The van der Waals surface area contributed by atoms with E-state index in [1.165, 1.54) is 12.8 Å². The van der Waals surface area contributed by atoms with Crippen LogP contribution in [-0.4, -0.2) is 19.6 Å². The number of hydrogen-bond acceptors (Lipinski definition) is 1. The summed E-state index contributed by atoms with van der Waals surface area (Å²) in [6, 6.07) is 0. The minimum atomic E-state index is 0.486. The number of rotatable bonds is 5. The quantitative estimate of drug-likeness (QED) is 0.463. The largest absolute Gasteiger partial charge is 0.385 e. The molecule has 1 nitrogen and oxygen atoms in total. The fourth-order valence-corrected chi connectivity index (χ4v) is 2.23. The van der Waals surface area contributed by atoms with Gasteiger partial charge in [-0.15, -0.1) is 11.6 Å². The minimum absolute atomic E-state index is 0.486. The second-order valence-electron chi connectivity index (χ2n) is 3.70. The van der Waals surface area contributed by atoms with E-state index >= 15 is 0 Å². The Kier molecular flexibility index (Phi) is 3.20. The molecule has 1 rings (SSSR count). The zero-order valence-corrected chi connectivity index (χ0v) is 8.16. The molecule has 0 bridgehead atoms. The van der Waals surface area contributed by atoms with Gasteiger partial charge in [0.25, 0.3) is 0 Å². The van der Waals surface area contributed by atoms with Crippen molar-refractivity contribution in [3.63, 3.8) is 0 Å². The Bertz CT molecular complexity index is 123. The molecule has 0 aromatic rings. The van der Waals surface area contributed by atoms with Crippen LogP contribution in [0.3, 0.4) is 0 Å². The Morgan fingerprint density at radius 2 is 2.27 bits per heavy atom. The van der Waals surface area contributed by atoms with Gasteiger partial charge >= 0.3 is 0 Å². The first-order chi connectivity index (χ1) is 5.25. The van der Waals surface area contributed by atoms with Gasteiger partial charge in [0.05, 0.1) is 0 Å². The molecule has 2 unspecified atom stereocenters. The van der Waals surface area contributed by atoms with Gasteiger partial charge in [-0.2, -0.15) is 0 Å². The van der Waals surface area contributed by atoms with E-state index in [1.54, 1.807) is 7.11 Å². The third-order valence-corrected chi connectivity index (χ3v) is 3.42. The molecule has 2 atom stereocenters. The van der Waals surface area contributed by atoms with Crippen LogP contribution in [0.15, 0.2) is 0 Å². The first-order valence-corrected chi connectivity index (χ1v) is 4.83. The summed E-state index contributed by atoms with van der Waals surface area (Å²) in [5, 5.41) is 0. The molecule has 1 aliphatic rings. The van der Waals surface area contributed by atoms with Crippen LogP contribution < -0.4 is 0 Å². The van der Waals surface area contributed by atoms with E-state index in [-0.39, 0.29) is 0 Å². The summed E-state index contributed by atoms with van der Waals surface area (Å²) in [6.07, 6.45) is 3.72. The molecular formula is C9H17ClO. The molecule has 0 amide bonds. The van der Waals surface area contributed by atoms with Crippen molar-refractivity contribution in [2.45, 2.75) is 26.2 Å². The van der Waals surface area contributed by atoms with Crippen molar-refractivity contribution in [3.8, 4) is 0 Å². The monoisotopic (exact) mass is 176 g/mol. The van der Waals surface area contributed by atoms with Crippen LogP contribution in [0.1, 0.15) is 26.2 Å². The Balaban J connectivity index is 2.14. The Morgan fingerprint density at radius 3 is 2.64 bits per heavy atom. The van der Waals surface area contributed by atoms with E-state index in [0.717, 1.165) is 24.8 Å². The summed E-state index contributed by atoms with van der Waals surface area (Å²) < 4.78 is 5.00. The van der Waals surface area contributed by atoms with E-state index < -0.39 is 0 Å². The van der Waals surface area contributed by atoms with Crippen molar-refractivity contribution in [3.05, 3.63) is 0 Å². The molecule has 0 spiro atoms. The fourth-order valence-electron chi connectivity index (χ4n) is 1.72. The highest BCUT2D eigenvalue weighted by atomic mass is 35.5. The molecule has 11 heavy (non-hydrogen) atoms. The molecule has 0 aromatic heterocycles. The number of hydrogen-bond donors (Lipinski definition) is 0. The molecule has 1 saturated carbocycles. The normalized spacial score (nSPS) is 35.7. The highest BCUT2D eigenvalue weighted by molar-refractivity contribution is 6.18. The fraction of sp³-hybridized carbons (Fsp3) is 1.00. The first-order valence-electron chi connectivity index (χ1n) is 4.30. The lowest BCUT2D eigenvalue weighted by atomic mass is 10.0. The zero-order valence-electron chi connectivity index (χ0n) is 7.40. The topological polar surface area (TPSA) is 9.23 Å². The van der Waals surface area contributed by atoms with Gasteiger partial charge in [0.2, 0.25) is 0 Å². The lowest BCUT2D eigenvalue weighted by Gasteiger charge is -2.11. The maximum absolute atomic E-state index is 5.89. The molecule has 0 N–H and O–H groups in total. The van der Waals surface area contributed by atoms with Crippen LogP contribution in [-0.2, 0) is 4.74 Å². The molecule has 1 aliphatic carbocycles. The first kappa shape index (κ1) is 9.34. The highest BCUT2D eigenvalue weighted by Crippen LogP contribution is 2.56. The highest BCUT2D eigenvalue weighted by Gasteiger charge is 2.49. The van der Waals surface area contributed by atoms with E-state index in [9.17, 15) is 0 Å². The van der Waals surface area contributed by atoms with Gasteiger partial charge in [0.15, 0.2) is 0 Å². The second kappa shape index (κ2) is 3.77. The van der Waals surface area contributed by atoms with Gasteiger partial charge in [-0.05, 0) is 30.6 Å². The smallest absolute Gasteiger partial charge is 0.0462 e. The molecule has 66 valence electrons. The molecule has 2 heteroatoms. The van der Waals surface area contributed by atoms with E-state index in [2.05, 4.69) is 6.92 Å². The van der Waals surface area contributed by atoms with Crippen LogP contribution in [0.4, 0.5) is 0 Å². The van der Waals surface area contributed by atoms with Gasteiger partial charge in [-0.3, -0.25) is 0 Å². The van der Waals surface area contributed by atoms with Crippen molar-refractivity contribution < 1.29 is 4.74 Å².